The van der Waals surface area contributed by atoms with Gasteiger partial charge in [0.15, 0.2) is 0 Å². The Labute approximate surface area is 185 Å². The van der Waals surface area contributed by atoms with Crippen LogP contribution < -0.4 is 5.32 Å². The predicted octanol–water partition coefficient (Wildman–Crippen LogP) is 4.47. The lowest BCUT2D eigenvalue weighted by Crippen LogP contribution is -2.47. The van der Waals surface area contributed by atoms with Crippen LogP contribution in [0.15, 0.2) is 53.0 Å². The third-order valence-electron chi connectivity index (χ3n) is 5.41. The van der Waals surface area contributed by atoms with Crippen molar-refractivity contribution in [3.8, 4) is 0 Å². The Morgan fingerprint density at radius 3 is 2.40 bits per heavy atom. The van der Waals surface area contributed by atoms with Crippen molar-refractivity contribution in [1.29, 1.82) is 0 Å². The summed E-state index contributed by atoms with van der Waals surface area (Å²) in [6.45, 7) is 4.18. The van der Waals surface area contributed by atoms with Crippen LogP contribution >= 0.6 is 15.9 Å². The van der Waals surface area contributed by atoms with Gasteiger partial charge in [0.25, 0.3) is 5.91 Å². The highest BCUT2D eigenvalue weighted by atomic mass is 79.9. The maximum Gasteiger partial charge on any atom is 0.317 e. The van der Waals surface area contributed by atoms with E-state index in [-0.39, 0.29) is 23.8 Å². The third kappa shape index (κ3) is 5.81. The van der Waals surface area contributed by atoms with Gasteiger partial charge in [-0.1, -0.05) is 41.1 Å². The van der Waals surface area contributed by atoms with Crippen LogP contribution in [0.25, 0.3) is 0 Å². The minimum absolute atomic E-state index is 0.0383. The zero-order valence-electron chi connectivity index (χ0n) is 17.1. The number of carbonyl (C=O) groups is 2. The van der Waals surface area contributed by atoms with E-state index < -0.39 is 0 Å². The fourth-order valence-electron chi connectivity index (χ4n) is 3.59. The number of hydrogen-bond donors (Lipinski definition) is 1. The second-order valence-electron chi connectivity index (χ2n) is 7.49. The van der Waals surface area contributed by atoms with Gasteiger partial charge >= 0.3 is 6.03 Å². The summed E-state index contributed by atoms with van der Waals surface area (Å²) in [4.78, 5) is 29.0. The first-order valence-electron chi connectivity index (χ1n) is 10.3. The fourth-order valence-corrected chi connectivity index (χ4v) is 4.04. The Morgan fingerprint density at radius 2 is 1.70 bits per heavy atom. The van der Waals surface area contributed by atoms with Crippen LogP contribution in [0.2, 0.25) is 0 Å². The molecule has 5 nitrogen and oxygen atoms in total. The number of urea groups is 1. The number of amides is 3. The maximum absolute atomic E-state index is 13.1. The van der Waals surface area contributed by atoms with E-state index in [0.717, 1.165) is 22.9 Å². The number of carbonyl (C=O) groups excluding carboxylic acids is 2. The summed E-state index contributed by atoms with van der Waals surface area (Å²) in [7, 11) is 0. The van der Waals surface area contributed by atoms with E-state index in [9.17, 15) is 14.0 Å². The van der Waals surface area contributed by atoms with Crippen molar-refractivity contribution in [2.75, 3.05) is 26.2 Å². The zero-order valence-corrected chi connectivity index (χ0v) is 18.7. The molecule has 1 aliphatic rings. The maximum atomic E-state index is 13.1. The molecule has 0 aliphatic carbocycles. The smallest absolute Gasteiger partial charge is 0.317 e. The topological polar surface area (TPSA) is 52.7 Å². The average Bonchev–Trinajstić information content (AvgIpc) is 3.01. The Bertz CT molecular complexity index is 875. The van der Waals surface area contributed by atoms with E-state index in [0.29, 0.717) is 38.2 Å². The molecule has 2 aromatic carbocycles. The van der Waals surface area contributed by atoms with Crippen LogP contribution in [-0.2, 0) is 6.42 Å². The summed E-state index contributed by atoms with van der Waals surface area (Å²) in [6.07, 6.45) is 2.30. The molecule has 0 saturated carbocycles. The first kappa shape index (κ1) is 22.3. The summed E-state index contributed by atoms with van der Waals surface area (Å²) < 4.78 is 14.2. The first-order valence-corrected chi connectivity index (χ1v) is 11.1. The van der Waals surface area contributed by atoms with Gasteiger partial charge in [0.05, 0.1) is 0 Å². The molecule has 1 aliphatic heterocycles. The molecule has 1 N–H and O–H groups in total. The first-order chi connectivity index (χ1) is 14.5. The van der Waals surface area contributed by atoms with E-state index in [2.05, 4.69) is 34.2 Å². The lowest BCUT2D eigenvalue weighted by molar-refractivity contribution is 0.0762. The van der Waals surface area contributed by atoms with E-state index in [1.165, 1.54) is 24.3 Å². The van der Waals surface area contributed by atoms with Gasteiger partial charge in [-0.05, 0) is 55.2 Å². The molecule has 2 aromatic rings. The monoisotopic (exact) mass is 475 g/mol. The molecule has 0 spiro atoms. The Balaban J connectivity index is 1.56. The van der Waals surface area contributed by atoms with Crippen LogP contribution in [-0.4, -0.2) is 54.0 Å². The normalized spacial score (nSPS) is 15.4. The number of benzene rings is 2. The van der Waals surface area contributed by atoms with Crippen LogP contribution in [0.1, 0.15) is 35.7 Å². The second-order valence-corrected chi connectivity index (χ2v) is 8.34. The summed E-state index contributed by atoms with van der Waals surface area (Å²) in [5, 5.41) is 3.14. The number of halogens is 2. The minimum atomic E-state index is -0.363. The Hall–Kier alpha value is -2.41. The van der Waals surface area contributed by atoms with Gasteiger partial charge in [-0.2, -0.15) is 0 Å². The molecule has 0 bridgehead atoms. The van der Waals surface area contributed by atoms with E-state index >= 15 is 0 Å². The minimum Gasteiger partial charge on any atom is -0.337 e. The molecule has 1 unspecified atom stereocenters. The van der Waals surface area contributed by atoms with Crippen LogP contribution in [0.4, 0.5) is 9.18 Å². The molecule has 1 saturated heterocycles. The number of nitrogens with one attached hydrogen (secondary N) is 1. The van der Waals surface area contributed by atoms with Crippen molar-refractivity contribution in [3.05, 3.63) is 69.9 Å². The van der Waals surface area contributed by atoms with Crippen molar-refractivity contribution in [2.24, 2.45) is 0 Å². The molecule has 7 heteroatoms. The number of nitrogens with zero attached hydrogens (tertiary/aromatic N) is 2. The van der Waals surface area contributed by atoms with Gasteiger partial charge in [0.1, 0.15) is 5.82 Å². The molecule has 30 heavy (non-hydrogen) atoms. The van der Waals surface area contributed by atoms with Gasteiger partial charge in [-0.15, -0.1) is 0 Å². The molecule has 0 radical (unpaired) electrons. The lowest BCUT2D eigenvalue weighted by Gasteiger charge is -2.25. The molecule has 1 fully saturated rings. The molecule has 0 aromatic heterocycles. The van der Waals surface area contributed by atoms with Gasteiger partial charge in [-0.25, -0.2) is 9.18 Å². The van der Waals surface area contributed by atoms with E-state index in [1.54, 1.807) is 9.80 Å². The Kier molecular flexibility index (Phi) is 7.85. The van der Waals surface area contributed by atoms with Crippen molar-refractivity contribution in [1.82, 2.24) is 15.1 Å². The van der Waals surface area contributed by atoms with E-state index in [4.69, 9.17) is 0 Å². The predicted molar refractivity (Wildman–Crippen MR) is 119 cm³/mol. The standard InChI is InChI=1S/C23H27BrFN3O2/c1-2-20(16-18-6-3-4-7-21(18)24)26-23(30)28-13-5-12-27(14-15-28)22(29)17-8-10-19(25)11-9-17/h3-4,6-11,20H,2,5,12-16H2,1H3,(H,26,30). The summed E-state index contributed by atoms with van der Waals surface area (Å²) in [5.41, 5.74) is 1.63. The van der Waals surface area contributed by atoms with Crippen molar-refractivity contribution < 1.29 is 14.0 Å². The summed E-state index contributed by atoms with van der Waals surface area (Å²) >= 11 is 3.57. The largest absolute Gasteiger partial charge is 0.337 e. The number of hydrogen-bond acceptors (Lipinski definition) is 2. The fraction of sp³-hybridized carbons (Fsp3) is 0.391. The van der Waals surface area contributed by atoms with Crippen LogP contribution in [0, 0.1) is 5.82 Å². The average molecular weight is 476 g/mol. The molecule has 160 valence electrons. The zero-order chi connectivity index (χ0) is 21.5. The second kappa shape index (κ2) is 10.6. The SMILES string of the molecule is CCC(Cc1ccccc1Br)NC(=O)N1CCCN(C(=O)c2ccc(F)cc2)CC1. The van der Waals surface area contributed by atoms with Crippen LogP contribution in [0.5, 0.6) is 0 Å². The highest BCUT2D eigenvalue weighted by Gasteiger charge is 2.24. The van der Waals surface area contributed by atoms with Gasteiger partial charge in [-0.3, -0.25) is 4.79 Å². The highest BCUT2D eigenvalue weighted by molar-refractivity contribution is 9.10. The van der Waals surface area contributed by atoms with Crippen molar-refractivity contribution >= 4 is 27.9 Å². The number of rotatable bonds is 5. The summed E-state index contributed by atoms with van der Waals surface area (Å²) in [5.74, 6) is -0.490. The molecular weight excluding hydrogens is 449 g/mol. The third-order valence-corrected chi connectivity index (χ3v) is 6.18. The van der Waals surface area contributed by atoms with Gasteiger partial charge in [0.2, 0.25) is 0 Å². The Morgan fingerprint density at radius 1 is 1.03 bits per heavy atom. The van der Waals surface area contributed by atoms with Crippen molar-refractivity contribution in [3.63, 3.8) is 0 Å². The summed E-state index contributed by atoms with van der Waals surface area (Å²) in [6, 6.07) is 13.6. The molecular formula is C23H27BrFN3O2. The van der Waals surface area contributed by atoms with Gasteiger partial charge < -0.3 is 15.1 Å². The van der Waals surface area contributed by atoms with Gasteiger partial charge in [0, 0.05) is 42.3 Å². The molecule has 1 heterocycles. The van der Waals surface area contributed by atoms with Crippen LogP contribution in [0.3, 0.4) is 0 Å². The highest BCUT2D eigenvalue weighted by Crippen LogP contribution is 2.18. The lowest BCUT2D eigenvalue weighted by atomic mass is 10.0. The molecule has 3 amide bonds. The molecule has 3 rings (SSSR count). The molecule has 1 atom stereocenters. The van der Waals surface area contributed by atoms with Crippen molar-refractivity contribution in [2.45, 2.75) is 32.2 Å². The van der Waals surface area contributed by atoms with E-state index in [1.807, 2.05) is 18.2 Å². The quantitative estimate of drug-likeness (QED) is 0.693.